The minimum absolute atomic E-state index is 0.0719. The van der Waals surface area contributed by atoms with Crippen LogP contribution in [0.25, 0.3) is 5.57 Å². The summed E-state index contributed by atoms with van der Waals surface area (Å²) in [4.78, 5) is 11.7. The van der Waals surface area contributed by atoms with Gasteiger partial charge in [0.2, 0.25) is 5.91 Å². The summed E-state index contributed by atoms with van der Waals surface area (Å²) in [5, 5.41) is 3.14. The van der Waals surface area contributed by atoms with Gasteiger partial charge in [0.25, 0.3) is 0 Å². The van der Waals surface area contributed by atoms with Gasteiger partial charge in [0.05, 0.1) is 6.04 Å². The van der Waals surface area contributed by atoms with Gasteiger partial charge >= 0.3 is 0 Å². The number of carbonyl (C=O) groups excluding carboxylic acids is 1. The molecule has 1 N–H and O–H groups in total. The van der Waals surface area contributed by atoms with Crippen LogP contribution in [0.4, 0.5) is 0 Å². The van der Waals surface area contributed by atoms with Gasteiger partial charge < -0.3 is 5.32 Å². The van der Waals surface area contributed by atoms with Crippen LogP contribution in [0.1, 0.15) is 35.6 Å². The molecule has 2 aromatic rings. The van der Waals surface area contributed by atoms with Crippen LogP contribution in [0.15, 0.2) is 60.2 Å². The Hall–Kier alpha value is -2.35. The molecule has 1 aliphatic heterocycles. The van der Waals surface area contributed by atoms with E-state index in [0.717, 1.165) is 6.42 Å². The number of carbonyl (C=O) groups is 1. The molecule has 1 heterocycles. The van der Waals surface area contributed by atoms with Crippen LogP contribution in [0.5, 0.6) is 0 Å². The third kappa shape index (κ3) is 1.61. The first kappa shape index (κ1) is 11.5. The number of rotatable bonds is 1. The molecular formula is C18H15NO. The second-order valence-electron chi connectivity index (χ2n) is 5.35. The highest BCUT2D eigenvalue weighted by molar-refractivity contribution is 5.92. The summed E-state index contributed by atoms with van der Waals surface area (Å²) in [6.07, 6.45) is 1.45. The van der Waals surface area contributed by atoms with Crippen LogP contribution in [-0.4, -0.2) is 5.91 Å². The Bertz CT molecular complexity index is 715. The first-order valence-electron chi connectivity index (χ1n) is 7.02. The molecule has 1 atom stereocenters. The van der Waals surface area contributed by atoms with Crippen molar-refractivity contribution in [1.82, 2.24) is 5.32 Å². The van der Waals surface area contributed by atoms with Crippen molar-refractivity contribution in [3.63, 3.8) is 0 Å². The molecule has 2 heteroatoms. The summed E-state index contributed by atoms with van der Waals surface area (Å²) < 4.78 is 0. The smallest absolute Gasteiger partial charge is 0.221 e. The van der Waals surface area contributed by atoms with Gasteiger partial charge in [-0.05, 0) is 34.3 Å². The highest BCUT2D eigenvalue weighted by atomic mass is 16.1. The molecule has 4 rings (SSSR count). The summed E-state index contributed by atoms with van der Waals surface area (Å²) in [5.74, 6) is 0.155. The molecule has 2 nitrogen and oxygen atoms in total. The third-order valence-corrected chi connectivity index (χ3v) is 4.20. The predicted octanol–water partition coefficient (Wildman–Crippen LogP) is 3.45. The second kappa shape index (κ2) is 4.34. The van der Waals surface area contributed by atoms with Crippen LogP contribution in [0, 0.1) is 0 Å². The molecule has 0 bridgehead atoms. The lowest BCUT2D eigenvalue weighted by atomic mass is 9.93. The van der Waals surface area contributed by atoms with Crippen molar-refractivity contribution in [2.75, 3.05) is 0 Å². The standard InChI is InChI=1S/C18H15NO/c20-16-11-10-15-17(12-6-2-1-3-7-12)13-8-4-5-9-14(13)18(15)19-16/h1-9,18H,10-11H2,(H,19,20). The Labute approximate surface area is 118 Å². The Morgan fingerprint density at radius 1 is 0.900 bits per heavy atom. The maximum atomic E-state index is 11.7. The van der Waals surface area contributed by atoms with Gasteiger partial charge in [0.1, 0.15) is 0 Å². The van der Waals surface area contributed by atoms with Crippen molar-refractivity contribution in [1.29, 1.82) is 0 Å². The van der Waals surface area contributed by atoms with E-state index >= 15 is 0 Å². The number of benzene rings is 2. The van der Waals surface area contributed by atoms with Gasteiger partial charge in [-0.15, -0.1) is 0 Å². The average Bonchev–Trinajstić information content (AvgIpc) is 2.82. The quantitative estimate of drug-likeness (QED) is 0.837. The van der Waals surface area contributed by atoms with Gasteiger partial charge in [-0.25, -0.2) is 0 Å². The van der Waals surface area contributed by atoms with Crippen molar-refractivity contribution in [3.8, 4) is 0 Å². The fraction of sp³-hybridized carbons (Fsp3) is 0.167. The topological polar surface area (TPSA) is 29.1 Å². The SMILES string of the molecule is O=C1CCC2=C(c3ccccc3)c3ccccc3C2N1. The van der Waals surface area contributed by atoms with Crippen LogP contribution < -0.4 is 5.32 Å². The lowest BCUT2D eigenvalue weighted by Crippen LogP contribution is -2.32. The number of hydrogen-bond acceptors (Lipinski definition) is 1. The van der Waals surface area contributed by atoms with E-state index in [2.05, 4.69) is 47.8 Å². The van der Waals surface area contributed by atoms with E-state index in [9.17, 15) is 4.79 Å². The molecule has 0 radical (unpaired) electrons. The Kier molecular flexibility index (Phi) is 2.49. The fourth-order valence-electron chi connectivity index (χ4n) is 3.34. The molecule has 98 valence electrons. The summed E-state index contributed by atoms with van der Waals surface area (Å²) in [6.45, 7) is 0. The zero-order valence-electron chi connectivity index (χ0n) is 11.1. The fourth-order valence-corrected chi connectivity index (χ4v) is 3.34. The largest absolute Gasteiger partial charge is 0.345 e. The van der Waals surface area contributed by atoms with Gasteiger partial charge in [0, 0.05) is 6.42 Å². The maximum absolute atomic E-state index is 11.7. The zero-order chi connectivity index (χ0) is 13.5. The highest BCUT2D eigenvalue weighted by Gasteiger charge is 2.35. The van der Waals surface area contributed by atoms with E-state index in [1.54, 1.807) is 0 Å². The summed E-state index contributed by atoms with van der Waals surface area (Å²) >= 11 is 0. The highest BCUT2D eigenvalue weighted by Crippen LogP contribution is 2.46. The molecule has 0 aromatic heterocycles. The van der Waals surface area contributed by atoms with E-state index in [4.69, 9.17) is 0 Å². The molecule has 1 saturated heterocycles. The Morgan fingerprint density at radius 3 is 2.50 bits per heavy atom. The van der Waals surface area contributed by atoms with Crippen LogP contribution >= 0.6 is 0 Å². The second-order valence-corrected chi connectivity index (χ2v) is 5.35. The summed E-state index contributed by atoms with van der Waals surface area (Å²) in [5.41, 5.74) is 6.41. The molecule has 0 saturated carbocycles. The van der Waals surface area contributed by atoms with Crippen LogP contribution in [0.3, 0.4) is 0 Å². The lowest BCUT2D eigenvalue weighted by molar-refractivity contribution is -0.122. The van der Waals surface area contributed by atoms with Gasteiger partial charge in [-0.1, -0.05) is 54.6 Å². The molecule has 1 fully saturated rings. The molecule has 1 amide bonds. The normalized spacial score (nSPS) is 20.4. The van der Waals surface area contributed by atoms with Crippen molar-refractivity contribution in [2.24, 2.45) is 0 Å². The van der Waals surface area contributed by atoms with Crippen LogP contribution in [0.2, 0.25) is 0 Å². The summed E-state index contributed by atoms with van der Waals surface area (Å²) in [6, 6.07) is 19.0. The molecule has 2 aliphatic rings. The number of amides is 1. The summed E-state index contributed by atoms with van der Waals surface area (Å²) in [7, 11) is 0. The number of piperidine rings is 1. The first-order valence-corrected chi connectivity index (χ1v) is 7.02. The maximum Gasteiger partial charge on any atom is 0.221 e. The zero-order valence-corrected chi connectivity index (χ0v) is 11.1. The first-order chi connectivity index (χ1) is 9.84. The number of fused-ring (bicyclic) bond motifs is 3. The van der Waals surface area contributed by atoms with E-state index in [1.807, 2.05) is 12.1 Å². The average molecular weight is 261 g/mol. The predicted molar refractivity (Wildman–Crippen MR) is 79.0 cm³/mol. The molecule has 20 heavy (non-hydrogen) atoms. The van der Waals surface area contributed by atoms with Crippen molar-refractivity contribution in [2.45, 2.75) is 18.9 Å². The van der Waals surface area contributed by atoms with Crippen molar-refractivity contribution in [3.05, 3.63) is 76.9 Å². The lowest BCUT2D eigenvalue weighted by Gasteiger charge is -2.23. The number of hydrogen-bond donors (Lipinski definition) is 1. The van der Waals surface area contributed by atoms with Gasteiger partial charge in [-0.3, -0.25) is 4.79 Å². The monoisotopic (exact) mass is 261 g/mol. The third-order valence-electron chi connectivity index (χ3n) is 4.20. The van der Waals surface area contributed by atoms with Gasteiger partial charge in [0.15, 0.2) is 0 Å². The molecule has 0 spiro atoms. The molecular weight excluding hydrogens is 246 g/mol. The van der Waals surface area contributed by atoms with E-state index in [1.165, 1.54) is 27.8 Å². The number of nitrogens with one attached hydrogen (secondary N) is 1. The van der Waals surface area contributed by atoms with Crippen molar-refractivity contribution < 1.29 is 4.79 Å². The van der Waals surface area contributed by atoms with E-state index in [-0.39, 0.29) is 11.9 Å². The minimum Gasteiger partial charge on any atom is -0.345 e. The Balaban J connectivity index is 1.95. The van der Waals surface area contributed by atoms with Crippen molar-refractivity contribution >= 4 is 11.5 Å². The minimum atomic E-state index is 0.0719. The van der Waals surface area contributed by atoms with Crippen LogP contribution in [-0.2, 0) is 4.79 Å². The molecule has 1 aliphatic carbocycles. The van der Waals surface area contributed by atoms with E-state index < -0.39 is 0 Å². The molecule has 2 aromatic carbocycles. The van der Waals surface area contributed by atoms with Gasteiger partial charge in [-0.2, -0.15) is 0 Å². The Morgan fingerprint density at radius 2 is 1.65 bits per heavy atom. The molecule has 1 unspecified atom stereocenters. The van der Waals surface area contributed by atoms with E-state index in [0.29, 0.717) is 6.42 Å².